The minimum absolute atomic E-state index is 0.229. The zero-order valence-corrected chi connectivity index (χ0v) is 7.98. The Hall–Kier alpha value is -0.810. The van der Waals surface area contributed by atoms with Gasteiger partial charge in [-0.1, -0.05) is 0 Å². The number of aryl methyl sites for hydroxylation is 1. The van der Waals surface area contributed by atoms with Crippen molar-refractivity contribution >= 4 is 28.7 Å². The molecule has 1 unspecified atom stereocenters. The molecular formula is C7H6N2OS2. The second-order valence-electron chi connectivity index (χ2n) is 2.42. The molecule has 1 aliphatic heterocycles. The molecule has 62 valence electrons. The quantitative estimate of drug-likeness (QED) is 0.650. The highest BCUT2D eigenvalue weighted by atomic mass is 32.1. The Kier molecular flexibility index (Phi) is 1.90. The first-order valence-corrected chi connectivity index (χ1v) is 4.71. The Bertz CT molecular complexity index is 345. The van der Waals surface area contributed by atoms with Crippen LogP contribution in [0.5, 0.6) is 0 Å². The normalized spacial score (nSPS) is 21.4. The number of thiocarbonyl (C=S) groups is 1. The number of hydrogen-bond donors (Lipinski definition) is 0. The van der Waals surface area contributed by atoms with Crippen LogP contribution in [0.2, 0.25) is 0 Å². The molecule has 0 amide bonds. The van der Waals surface area contributed by atoms with Crippen molar-refractivity contribution in [1.29, 1.82) is 0 Å². The maximum Gasteiger partial charge on any atom is 0.304 e. The van der Waals surface area contributed by atoms with Crippen LogP contribution in [0.3, 0.4) is 0 Å². The molecule has 2 heterocycles. The van der Waals surface area contributed by atoms with Crippen LogP contribution in [0.1, 0.15) is 16.7 Å². The number of hydrogen-bond acceptors (Lipinski definition) is 4. The van der Waals surface area contributed by atoms with Gasteiger partial charge in [-0.25, -0.2) is 0 Å². The molecule has 0 radical (unpaired) electrons. The molecule has 0 saturated heterocycles. The van der Waals surface area contributed by atoms with Crippen molar-refractivity contribution in [3.05, 3.63) is 21.9 Å². The highest BCUT2D eigenvalue weighted by Crippen LogP contribution is 2.31. The molecule has 1 aliphatic rings. The third-order valence-electron chi connectivity index (χ3n) is 1.58. The van der Waals surface area contributed by atoms with E-state index in [0.29, 0.717) is 0 Å². The number of ether oxygens (including phenoxy) is 1. The van der Waals surface area contributed by atoms with E-state index in [2.05, 4.69) is 10.2 Å². The number of rotatable bonds is 1. The second kappa shape index (κ2) is 2.91. The summed E-state index contributed by atoms with van der Waals surface area (Å²) in [6.07, 6.45) is -0.294. The van der Waals surface area contributed by atoms with E-state index < -0.39 is 0 Å². The van der Waals surface area contributed by atoms with Gasteiger partial charge in [0.05, 0.1) is 4.88 Å². The van der Waals surface area contributed by atoms with Crippen LogP contribution in [-0.4, -0.2) is 5.17 Å². The van der Waals surface area contributed by atoms with E-state index in [0.717, 1.165) is 4.88 Å². The molecule has 2 rings (SSSR count). The summed E-state index contributed by atoms with van der Waals surface area (Å²) < 4.78 is 5.20. The van der Waals surface area contributed by atoms with Gasteiger partial charge >= 0.3 is 5.17 Å². The Morgan fingerprint density at radius 3 is 3.00 bits per heavy atom. The van der Waals surface area contributed by atoms with Gasteiger partial charge in [0.2, 0.25) is 6.23 Å². The molecule has 0 saturated carbocycles. The first kappa shape index (κ1) is 7.82. The van der Waals surface area contributed by atoms with Gasteiger partial charge in [-0.15, -0.1) is 21.6 Å². The zero-order valence-electron chi connectivity index (χ0n) is 6.35. The average molecular weight is 198 g/mol. The van der Waals surface area contributed by atoms with Gasteiger partial charge in [-0.2, -0.15) is 0 Å². The Labute approximate surface area is 79.1 Å². The van der Waals surface area contributed by atoms with Crippen molar-refractivity contribution < 1.29 is 4.74 Å². The number of thiophene rings is 1. The van der Waals surface area contributed by atoms with Crippen LogP contribution >= 0.6 is 23.6 Å². The summed E-state index contributed by atoms with van der Waals surface area (Å²) in [7, 11) is 0. The fourth-order valence-electron chi connectivity index (χ4n) is 0.986. The first-order chi connectivity index (χ1) is 5.77. The van der Waals surface area contributed by atoms with E-state index in [-0.39, 0.29) is 11.4 Å². The van der Waals surface area contributed by atoms with Crippen LogP contribution in [0, 0.1) is 6.92 Å². The van der Waals surface area contributed by atoms with Gasteiger partial charge < -0.3 is 4.74 Å². The average Bonchev–Trinajstić information content (AvgIpc) is 2.58. The van der Waals surface area contributed by atoms with Crippen LogP contribution in [-0.2, 0) is 4.74 Å². The summed E-state index contributed by atoms with van der Waals surface area (Å²) in [6, 6.07) is 2.03. The Morgan fingerprint density at radius 1 is 1.67 bits per heavy atom. The smallest absolute Gasteiger partial charge is 0.304 e. The van der Waals surface area contributed by atoms with Crippen molar-refractivity contribution in [2.24, 2.45) is 10.2 Å². The predicted octanol–water partition coefficient (Wildman–Crippen LogP) is 2.82. The lowest BCUT2D eigenvalue weighted by Gasteiger charge is -2.03. The molecule has 0 aliphatic carbocycles. The van der Waals surface area contributed by atoms with E-state index in [1.165, 1.54) is 5.56 Å². The molecule has 1 aromatic heterocycles. The highest BCUT2D eigenvalue weighted by Gasteiger charge is 2.21. The first-order valence-electron chi connectivity index (χ1n) is 3.43. The highest BCUT2D eigenvalue weighted by molar-refractivity contribution is 7.80. The SMILES string of the molecule is Cc1ccsc1C1N=NC(=S)O1. The standard InChI is InChI=1S/C7H6N2OS2/c1-4-2-3-12-5(4)6-8-9-7(11)10-6/h2-3,6H,1H3. The molecule has 12 heavy (non-hydrogen) atoms. The molecular weight excluding hydrogens is 192 g/mol. The molecule has 5 heteroatoms. The fraction of sp³-hybridized carbons (Fsp3) is 0.286. The lowest BCUT2D eigenvalue weighted by atomic mass is 10.3. The molecule has 3 nitrogen and oxygen atoms in total. The van der Waals surface area contributed by atoms with Crippen LogP contribution in [0.4, 0.5) is 0 Å². The van der Waals surface area contributed by atoms with E-state index in [4.69, 9.17) is 17.0 Å². The summed E-state index contributed by atoms with van der Waals surface area (Å²) in [5.41, 5.74) is 1.17. The van der Waals surface area contributed by atoms with Crippen molar-refractivity contribution in [2.75, 3.05) is 0 Å². The van der Waals surface area contributed by atoms with E-state index in [1.807, 2.05) is 18.4 Å². The summed E-state index contributed by atoms with van der Waals surface area (Å²) in [4.78, 5) is 1.08. The second-order valence-corrected chi connectivity index (χ2v) is 3.72. The molecule has 0 N–H and O–H groups in total. The molecule has 0 bridgehead atoms. The fourth-order valence-corrected chi connectivity index (χ4v) is 2.01. The maximum absolute atomic E-state index is 5.20. The lowest BCUT2D eigenvalue weighted by molar-refractivity contribution is 0.230. The van der Waals surface area contributed by atoms with Gasteiger partial charge in [0.1, 0.15) is 0 Å². The number of nitrogens with zero attached hydrogens (tertiary/aromatic N) is 2. The summed E-state index contributed by atoms with van der Waals surface area (Å²) in [6.45, 7) is 2.02. The molecule has 0 spiro atoms. The summed E-state index contributed by atoms with van der Waals surface area (Å²) in [5, 5.41) is 9.78. The Balaban J connectivity index is 2.28. The van der Waals surface area contributed by atoms with Gasteiger partial charge in [0.15, 0.2) is 0 Å². The molecule has 0 fully saturated rings. The van der Waals surface area contributed by atoms with Gasteiger partial charge in [0.25, 0.3) is 0 Å². The summed E-state index contributed by atoms with van der Waals surface area (Å²) in [5.74, 6) is 0. The molecule has 1 atom stereocenters. The number of azo groups is 1. The molecule has 1 aromatic rings. The van der Waals surface area contributed by atoms with Gasteiger partial charge in [-0.3, -0.25) is 0 Å². The monoisotopic (exact) mass is 198 g/mol. The van der Waals surface area contributed by atoms with Crippen LogP contribution in [0.15, 0.2) is 21.7 Å². The van der Waals surface area contributed by atoms with Crippen molar-refractivity contribution in [3.63, 3.8) is 0 Å². The minimum Gasteiger partial charge on any atom is -0.435 e. The lowest BCUT2D eigenvalue weighted by Crippen LogP contribution is -1.96. The van der Waals surface area contributed by atoms with E-state index in [9.17, 15) is 0 Å². The van der Waals surface area contributed by atoms with Crippen molar-refractivity contribution in [2.45, 2.75) is 13.2 Å². The summed E-state index contributed by atoms with van der Waals surface area (Å²) >= 11 is 6.35. The molecule has 0 aromatic carbocycles. The largest absolute Gasteiger partial charge is 0.435 e. The van der Waals surface area contributed by atoms with Gasteiger partial charge in [-0.05, 0) is 36.2 Å². The van der Waals surface area contributed by atoms with Crippen LogP contribution in [0.25, 0.3) is 0 Å². The topological polar surface area (TPSA) is 34.0 Å². The zero-order chi connectivity index (χ0) is 8.55. The van der Waals surface area contributed by atoms with E-state index in [1.54, 1.807) is 11.3 Å². The third-order valence-corrected chi connectivity index (χ3v) is 2.81. The maximum atomic E-state index is 5.20. The Morgan fingerprint density at radius 2 is 2.50 bits per heavy atom. The predicted molar refractivity (Wildman–Crippen MR) is 50.3 cm³/mol. The van der Waals surface area contributed by atoms with Crippen molar-refractivity contribution in [3.8, 4) is 0 Å². The van der Waals surface area contributed by atoms with E-state index >= 15 is 0 Å². The van der Waals surface area contributed by atoms with Crippen LogP contribution < -0.4 is 0 Å². The van der Waals surface area contributed by atoms with Crippen molar-refractivity contribution in [1.82, 2.24) is 0 Å². The minimum atomic E-state index is -0.294. The van der Waals surface area contributed by atoms with Gasteiger partial charge in [0, 0.05) is 0 Å². The third kappa shape index (κ3) is 1.25.